The molecular weight excluding hydrogens is 354 g/mol. The lowest BCUT2D eigenvalue weighted by atomic mass is 9.93. The van der Waals surface area contributed by atoms with Gasteiger partial charge in [0.1, 0.15) is 17.1 Å². The summed E-state index contributed by atoms with van der Waals surface area (Å²) in [5.41, 5.74) is 2.94. The van der Waals surface area contributed by atoms with Crippen molar-refractivity contribution in [3.63, 3.8) is 0 Å². The van der Waals surface area contributed by atoms with Crippen molar-refractivity contribution < 1.29 is 9.59 Å². The van der Waals surface area contributed by atoms with Crippen LogP contribution in [0.15, 0.2) is 36.5 Å². The summed E-state index contributed by atoms with van der Waals surface area (Å²) in [5.74, 6) is -0.645. The second-order valence-corrected chi connectivity index (χ2v) is 7.30. The number of likely N-dealkylation sites (N-methyl/N-ethyl adjacent to an activating group) is 1. The fourth-order valence-electron chi connectivity index (χ4n) is 3.87. The molecule has 1 aliphatic carbocycles. The predicted molar refractivity (Wildman–Crippen MR) is 105 cm³/mol. The van der Waals surface area contributed by atoms with Crippen LogP contribution in [0.1, 0.15) is 38.7 Å². The third kappa shape index (κ3) is 2.66. The second-order valence-electron chi connectivity index (χ2n) is 7.30. The summed E-state index contributed by atoms with van der Waals surface area (Å²) < 4.78 is 0. The molecule has 140 valence electrons. The lowest BCUT2D eigenvalue weighted by Gasteiger charge is -2.23. The van der Waals surface area contributed by atoms with Crippen LogP contribution in [0.2, 0.25) is 0 Å². The first-order valence-electron chi connectivity index (χ1n) is 9.41. The quantitative estimate of drug-likeness (QED) is 0.504. The summed E-state index contributed by atoms with van der Waals surface area (Å²) in [6.07, 6.45) is 2.61. The van der Waals surface area contributed by atoms with Crippen molar-refractivity contribution in [3.8, 4) is 0 Å². The lowest BCUT2D eigenvalue weighted by Crippen LogP contribution is -2.28. The molecule has 0 N–H and O–H groups in total. The normalized spacial score (nSPS) is 17.4. The van der Waals surface area contributed by atoms with Crippen molar-refractivity contribution in [3.05, 3.63) is 59.2 Å². The molecule has 0 atom stereocenters. The van der Waals surface area contributed by atoms with E-state index in [1.807, 2.05) is 18.2 Å². The molecule has 0 radical (unpaired) electrons. The summed E-state index contributed by atoms with van der Waals surface area (Å²) in [4.78, 5) is 43.4. The monoisotopic (exact) mass is 373 g/mol. The van der Waals surface area contributed by atoms with Gasteiger partial charge in [-0.25, -0.2) is 9.97 Å². The number of ketones is 2. The number of aromatic nitrogens is 3. The van der Waals surface area contributed by atoms with E-state index in [1.54, 1.807) is 12.1 Å². The highest BCUT2D eigenvalue weighted by atomic mass is 16.1. The first-order valence-corrected chi connectivity index (χ1v) is 9.41. The van der Waals surface area contributed by atoms with Crippen molar-refractivity contribution in [2.45, 2.75) is 6.42 Å². The second kappa shape index (κ2) is 6.45. The largest absolute Gasteiger partial charge is 0.370 e. The van der Waals surface area contributed by atoms with Gasteiger partial charge in [-0.15, -0.1) is 0 Å². The van der Waals surface area contributed by atoms with Crippen LogP contribution >= 0.6 is 0 Å². The zero-order valence-electron chi connectivity index (χ0n) is 15.6. The molecule has 0 amide bonds. The van der Waals surface area contributed by atoms with Crippen molar-refractivity contribution in [1.29, 1.82) is 0 Å². The van der Waals surface area contributed by atoms with Crippen molar-refractivity contribution in [2.24, 2.45) is 0 Å². The molecule has 2 aromatic heterocycles. The van der Waals surface area contributed by atoms with Gasteiger partial charge in [-0.3, -0.25) is 14.6 Å². The molecule has 3 aromatic rings. The highest BCUT2D eigenvalue weighted by Gasteiger charge is 2.33. The van der Waals surface area contributed by atoms with Gasteiger partial charge < -0.3 is 9.80 Å². The summed E-state index contributed by atoms with van der Waals surface area (Å²) in [6, 6.07) is 9.10. The Morgan fingerprint density at radius 1 is 0.857 bits per heavy atom. The highest BCUT2D eigenvalue weighted by molar-refractivity contribution is 6.26. The molecule has 0 unspecified atom stereocenters. The minimum atomic E-state index is -0.346. The summed E-state index contributed by atoms with van der Waals surface area (Å²) in [7, 11) is 2.14. The molecule has 28 heavy (non-hydrogen) atoms. The first kappa shape index (κ1) is 16.9. The van der Waals surface area contributed by atoms with Gasteiger partial charge in [0.2, 0.25) is 11.6 Å². The van der Waals surface area contributed by atoms with Gasteiger partial charge in [0.05, 0.1) is 16.6 Å². The number of hydrogen-bond donors (Lipinski definition) is 0. The molecule has 0 bridgehead atoms. The smallest absolute Gasteiger partial charge is 0.232 e. The molecule has 3 heterocycles. The Labute approximate surface area is 162 Å². The van der Waals surface area contributed by atoms with E-state index in [9.17, 15) is 9.59 Å². The minimum absolute atomic E-state index is 0.0939. The molecule has 1 saturated heterocycles. The summed E-state index contributed by atoms with van der Waals surface area (Å²) in [6.45, 7) is 4.00. The molecular formula is C21H19N5O2. The van der Waals surface area contributed by atoms with Crippen LogP contribution in [0.4, 0.5) is 5.69 Å². The van der Waals surface area contributed by atoms with Crippen LogP contribution in [0.5, 0.6) is 0 Å². The number of fused-ring (bicyclic) bond motifs is 3. The number of hydrogen-bond acceptors (Lipinski definition) is 7. The van der Waals surface area contributed by atoms with Gasteiger partial charge in [0, 0.05) is 31.5 Å². The van der Waals surface area contributed by atoms with Crippen molar-refractivity contribution in [1.82, 2.24) is 19.9 Å². The third-order valence-electron chi connectivity index (χ3n) is 5.43. The topological polar surface area (TPSA) is 79.3 Å². The van der Waals surface area contributed by atoms with Crippen LogP contribution in [-0.2, 0) is 0 Å². The van der Waals surface area contributed by atoms with Crippen molar-refractivity contribution >= 4 is 28.3 Å². The van der Waals surface area contributed by atoms with Crippen LogP contribution in [0, 0.1) is 0 Å². The van der Waals surface area contributed by atoms with Gasteiger partial charge in [-0.1, -0.05) is 0 Å². The molecule has 7 nitrogen and oxygen atoms in total. The molecule has 0 saturated carbocycles. The van der Waals surface area contributed by atoms with Gasteiger partial charge >= 0.3 is 0 Å². The number of carbonyl (C=O) groups excluding carboxylic acids is 2. The lowest BCUT2D eigenvalue weighted by molar-refractivity contribution is 0.0968. The number of anilines is 1. The standard InChI is InChI=1S/C21H19N5O2/c1-25-8-3-9-26(11-10-25)13-5-6-15-16(12-13)24-19-18(23-15)20(27)14-4-2-7-22-17(14)21(19)28/h2,4-7,12H,3,8-11H2,1H3. The van der Waals surface area contributed by atoms with E-state index in [0.717, 1.165) is 38.3 Å². The average Bonchev–Trinajstić information content (AvgIpc) is 2.95. The van der Waals surface area contributed by atoms with Crippen LogP contribution in [-0.4, -0.2) is 64.6 Å². The molecule has 7 heteroatoms. The van der Waals surface area contributed by atoms with E-state index in [1.165, 1.54) is 6.20 Å². The zero-order valence-corrected chi connectivity index (χ0v) is 15.6. The fourth-order valence-corrected chi connectivity index (χ4v) is 3.87. The SMILES string of the molecule is CN1CCCN(c2ccc3nc4c(nc3c2)C(=O)c2ncccc2C4=O)CC1. The molecule has 1 aromatic carbocycles. The third-order valence-corrected chi connectivity index (χ3v) is 5.43. The molecule has 1 aliphatic heterocycles. The number of pyridine rings is 1. The summed E-state index contributed by atoms with van der Waals surface area (Å²) >= 11 is 0. The van der Waals surface area contributed by atoms with Crippen LogP contribution < -0.4 is 4.90 Å². The zero-order chi connectivity index (χ0) is 19.3. The van der Waals surface area contributed by atoms with E-state index in [-0.39, 0.29) is 28.6 Å². The number of carbonyl (C=O) groups is 2. The van der Waals surface area contributed by atoms with E-state index in [4.69, 9.17) is 0 Å². The maximum Gasteiger partial charge on any atom is 0.232 e. The van der Waals surface area contributed by atoms with Gasteiger partial charge in [-0.2, -0.15) is 0 Å². The number of nitrogens with zero attached hydrogens (tertiary/aromatic N) is 5. The Morgan fingerprint density at radius 2 is 1.68 bits per heavy atom. The Bertz CT molecular complexity index is 1130. The number of benzene rings is 1. The fraction of sp³-hybridized carbons (Fsp3) is 0.286. The Morgan fingerprint density at radius 3 is 2.57 bits per heavy atom. The van der Waals surface area contributed by atoms with E-state index in [2.05, 4.69) is 31.8 Å². The van der Waals surface area contributed by atoms with E-state index in [0.29, 0.717) is 16.6 Å². The van der Waals surface area contributed by atoms with E-state index >= 15 is 0 Å². The molecule has 2 aliphatic rings. The van der Waals surface area contributed by atoms with Gasteiger partial charge in [0.15, 0.2) is 0 Å². The van der Waals surface area contributed by atoms with Gasteiger partial charge in [-0.05, 0) is 50.3 Å². The minimum Gasteiger partial charge on any atom is -0.370 e. The van der Waals surface area contributed by atoms with Gasteiger partial charge in [0.25, 0.3) is 0 Å². The maximum absolute atomic E-state index is 12.8. The van der Waals surface area contributed by atoms with Crippen molar-refractivity contribution in [2.75, 3.05) is 38.1 Å². The maximum atomic E-state index is 12.8. The van der Waals surface area contributed by atoms with E-state index < -0.39 is 0 Å². The highest BCUT2D eigenvalue weighted by Crippen LogP contribution is 2.27. The molecule has 0 spiro atoms. The molecule has 1 fully saturated rings. The van der Waals surface area contributed by atoms with Crippen LogP contribution in [0.3, 0.4) is 0 Å². The number of rotatable bonds is 1. The Hall–Kier alpha value is -3.19. The first-order chi connectivity index (χ1) is 13.6. The Balaban J connectivity index is 1.59. The molecule has 5 rings (SSSR count). The Kier molecular flexibility index (Phi) is 3.91. The summed E-state index contributed by atoms with van der Waals surface area (Å²) in [5, 5.41) is 0. The predicted octanol–water partition coefficient (Wildman–Crippen LogP) is 1.94. The average molecular weight is 373 g/mol. The van der Waals surface area contributed by atoms with Crippen LogP contribution in [0.25, 0.3) is 11.0 Å².